The van der Waals surface area contributed by atoms with Crippen molar-refractivity contribution in [3.63, 3.8) is 0 Å². The molecule has 0 aliphatic carbocycles. The summed E-state index contributed by atoms with van der Waals surface area (Å²) in [6.45, 7) is 1.62. The van der Waals surface area contributed by atoms with Gasteiger partial charge in [-0.2, -0.15) is 0 Å². The van der Waals surface area contributed by atoms with Crippen LogP contribution in [0.3, 0.4) is 0 Å². The van der Waals surface area contributed by atoms with Gasteiger partial charge in [0.15, 0.2) is 0 Å². The van der Waals surface area contributed by atoms with Crippen molar-refractivity contribution in [1.29, 1.82) is 0 Å². The Labute approximate surface area is 95.2 Å². The second-order valence-corrected chi connectivity index (χ2v) is 4.39. The summed E-state index contributed by atoms with van der Waals surface area (Å²) in [4.78, 5) is 4.83. The van der Waals surface area contributed by atoms with Crippen molar-refractivity contribution in [2.24, 2.45) is 0 Å². The fourth-order valence-electron chi connectivity index (χ4n) is 1.35. The van der Waals surface area contributed by atoms with E-state index in [0.29, 0.717) is 15.6 Å². The summed E-state index contributed by atoms with van der Waals surface area (Å²) in [5.74, 6) is -1.25. The van der Waals surface area contributed by atoms with Crippen LogP contribution in [-0.2, 0) is 6.61 Å². The fraction of sp³-hybridized carbons (Fsp3) is 0.182. The molecule has 0 spiro atoms. The van der Waals surface area contributed by atoms with Crippen molar-refractivity contribution in [3.05, 3.63) is 40.4 Å². The van der Waals surface area contributed by atoms with Gasteiger partial charge in [-0.1, -0.05) is 0 Å². The van der Waals surface area contributed by atoms with E-state index in [1.807, 2.05) is 0 Å². The number of aliphatic hydroxyl groups excluding tert-OH is 1. The molecule has 0 aliphatic rings. The quantitative estimate of drug-likeness (QED) is 0.877. The molecule has 0 unspecified atom stereocenters. The minimum atomic E-state index is -0.641. The molecule has 0 fully saturated rings. The van der Waals surface area contributed by atoms with E-state index in [9.17, 15) is 8.78 Å². The highest BCUT2D eigenvalue weighted by Gasteiger charge is 2.12. The number of thiazole rings is 1. The smallest absolute Gasteiger partial charge is 0.136 e. The number of rotatable bonds is 2. The fourth-order valence-corrected chi connectivity index (χ4v) is 2.30. The molecule has 1 heterocycles. The molecule has 0 bridgehead atoms. The zero-order valence-corrected chi connectivity index (χ0v) is 9.31. The molecule has 84 valence electrons. The first-order valence-electron chi connectivity index (χ1n) is 4.64. The molecule has 0 saturated heterocycles. The van der Waals surface area contributed by atoms with Gasteiger partial charge in [-0.3, -0.25) is 0 Å². The topological polar surface area (TPSA) is 33.1 Å². The number of benzene rings is 1. The van der Waals surface area contributed by atoms with Crippen LogP contribution in [0.25, 0.3) is 10.6 Å². The molecule has 0 saturated carbocycles. The molecule has 0 atom stereocenters. The summed E-state index contributed by atoms with van der Waals surface area (Å²) in [5, 5.41) is 9.47. The number of halogens is 2. The number of hydrogen-bond acceptors (Lipinski definition) is 3. The molecule has 16 heavy (non-hydrogen) atoms. The Morgan fingerprint density at radius 3 is 2.69 bits per heavy atom. The highest BCUT2D eigenvalue weighted by molar-refractivity contribution is 7.15. The summed E-state index contributed by atoms with van der Waals surface area (Å²) in [7, 11) is 0. The van der Waals surface area contributed by atoms with E-state index in [0.717, 1.165) is 6.07 Å². The number of aromatic nitrogens is 1. The second kappa shape index (κ2) is 4.27. The minimum absolute atomic E-state index is 0.119. The van der Waals surface area contributed by atoms with Crippen LogP contribution in [0.4, 0.5) is 8.78 Å². The van der Waals surface area contributed by atoms with Crippen LogP contribution < -0.4 is 0 Å². The van der Waals surface area contributed by atoms with Crippen LogP contribution in [0.1, 0.15) is 10.6 Å². The molecule has 2 aromatic rings. The van der Waals surface area contributed by atoms with Crippen molar-refractivity contribution in [3.8, 4) is 10.6 Å². The third-order valence-electron chi connectivity index (χ3n) is 2.20. The third-order valence-corrected chi connectivity index (χ3v) is 3.37. The third kappa shape index (κ3) is 1.96. The zero-order chi connectivity index (χ0) is 11.7. The lowest BCUT2D eigenvalue weighted by Crippen LogP contribution is -1.85. The van der Waals surface area contributed by atoms with E-state index >= 15 is 0 Å². The maximum absolute atomic E-state index is 13.4. The van der Waals surface area contributed by atoms with Gasteiger partial charge in [0.1, 0.15) is 16.6 Å². The SMILES string of the molecule is Cc1nc(-c2ccc(F)cc2F)sc1CO. The first-order valence-corrected chi connectivity index (χ1v) is 5.46. The van der Waals surface area contributed by atoms with E-state index in [1.54, 1.807) is 6.92 Å². The largest absolute Gasteiger partial charge is 0.391 e. The van der Waals surface area contributed by atoms with E-state index in [1.165, 1.54) is 23.5 Å². The first kappa shape index (κ1) is 11.2. The molecule has 2 nitrogen and oxygen atoms in total. The maximum atomic E-state index is 13.4. The number of aliphatic hydroxyl groups is 1. The number of nitrogens with zero attached hydrogens (tertiary/aromatic N) is 1. The lowest BCUT2D eigenvalue weighted by atomic mass is 10.2. The highest BCUT2D eigenvalue weighted by Crippen LogP contribution is 2.29. The van der Waals surface area contributed by atoms with Gasteiger partial charge < -0.3 is 5.11 Å². The van der Waals surface area contributed by atoms with Crippen molar-refractivity contribution in [2.45, 2.75) is 13.5 Å². The zero-order valence-electron chi connectivity index (χ0n) is 8.50. The summed E-state index contributed by atoms with van der Waals surface area (Å²) in [6, 6.07) is 3.36. The van der Waals surface area contributed by atoms with Gasteiger partial charge >= 0.3 is 0 Å². The van der Waals surface area contributed by atoms with Gasteiger partial charge in [-0.25, -0.2) is 13.8 Å². The van der Waals surface area contributed by atoms with E-state index < -0.39 is 11.6 Å². The minimum Gasteiger partial charge on any atom is -0.391 e. The normalized spacial score (nSPS) is 10.8. The van der Waals surface area contributed by atoms with Crippen LogP contribution in [0.2, 0.25) is 0 Å². The van der Waals surface area contributed by atoms with Crippen LogP contribution in [0.15, 0.2) is 18.2 Å². The Kier molecular flexibility index (Phi) is 2.98. The lowest BCUT2D eigenvalue weighted by Gasteiger charge is -1.98. The van der Waals surface area contributed by atoms with Crippen molar-refractivity contribution in [1.82, 2.24) is 4.98 Å². The van der Waals surface area contributed by atoms with Crippen LogP contribution in [0.5, 0.6) is 0 Å². The summed E-state index contributed by atoms with van der Waals surface area (Å²) in [6.07, 6.45) is 0. The highest BCUT2D eigenvalue weighted by atomic mass is 32.1. The predicted molar refractivity (Wildman–Crippen MR) is 58.1 cm³/mol. The van der Waals surface area contributed by atoms with Gasteiger partial charge in [0.25, 0.3) is 0 Å². The molecule has 1 aromatic heterocycles. The Hall–Kier alpha value is -1.33. The lowest BCUT2D eigenvalue weighted by molar-refractivity contribution is 0.284. The molecule has 1 N–H and O–H groups in total. The van der Waals surface area contributed by atoms with Crippen LogP contribution >= 0.6 is 11.3 Å². The van der Waals surface area contributed by atoms with E-state index in [4.69, 9.17) is 5.11 Å². The number of hydrogen-bond donors (Lipinski definition) is 1. The van der Waals surface area contributed by atoms with Gasteiger partial charge in [0, 0.05) is 11.6 Å². The Balaban J connectivity index is 2.50. The molecule has 0 aliphatic heterocycles. The molecule has 5 heteroatoms. The Morgan fingerprint density at radius 2 is 2.12 bits per heavy atom. The predicted octanol–water partition coefficient (Wildman–Crippen LogP) is 2.89. The molecular formula is C11H9F2NOS. The molecule has 0 amide bonds. The molecule has 1 aromatic carbocycles. The Bertz CT molecular complexity index is 525. The van der Waals surface area contributed by atoms with Gasteiger partial charge in [-0.05, 0) is 19.1 Å². The molecule has 2 rings (SSSR count). The van der Waals surface area contributed by atoms with E-state index in [2.05, 4.69) is 4.98 Å². The Morgan fingerprint density at radius 1 is 1.38 bits per heavy atom. The monoisotopic (exact) mass is 241 g/mol. The molecule has 0 radical (unpaired) electrons. The van der Waals surface area contributed by atoms with Crippen molar-refractivity contribution < 1.29 is 13.9 Å². The van der Waals surface area contributed by atoms with Crippen molar-refractivity contribution in [2.75, 3.05) is 0 Å². The van der Waals surface area contributed by atoms with E-state index in [-0.39, 0.29) is 12.2 Å². The number of aryl methyl sites for hydroxylation is 1. The van der Waals surface area contributed by atoms with Crippen LogP contribution in [0, 0.1) is 18.6 Å². The summed E-state index contributed by atoms with van der Waals surface area (Å²) < 4.78 is 26.2. The maximum Gasteiger partial charge on any atom is 0.136 e. The van der Waals surface area contributed by atoms with Gasteiger partial charge in [-0.15, -0.1) is 11.3 Å². The average molecular weight is 241 g/mol. The van der Waals surface area contributed by atoms with Crippen LogP contribution in [-0.4, -0.2) is 10.1 Å². The summed E-state index contributed by atoms with van der Waals surface area (Å²) in [5.41, 5.74) is 0.931. The first-order chi connectivity index (χ1) is 7.61. The van der Waals surface area contributed by atoms with Crippen molar-refractivity contribution >= 4 is 11.3 Å². The standard InChI is InChI=1S/C11H9F2NOS/c1-6-10(5-15)16-11(14-6)8-3-2-7(12)4-9(8)13/h2-4,15H,5H2,1H3. The average Bonchev–Trinajstić information content (AvgIpc) is 2.59. The van der Waals surface area contributed by atoms with Gasteiger partial charge in [0.05, 0.1) is 17.2 Å². The second-order valence-electron chi connectivity index (χ2n) is 3.31. The molecular weight excluding hydrogens is 232 g/mol. The summed E-state index contributed by atoms with van der Waals surface area (Å²) >= 11 is 1.21. The van der Waals surface area contributed by atoms with Gasteiger partial charge in [0.2, 0.25) is 0 Å².